The van der Waals surface area contributed by atoms with E-state index >= 15 is 0 Å². The summed E-state index contributed by atoms with van der Waals surface area (Å²) in [6.45, 7) is 2.48. The van der Waals surface area contributed by atoms with E-state index in [9.17, 15) is 0 Å². The van der Waals surface area contributed by atoms with E-state index < -0.39 is 0 Å². The highest BCUT2D eigenvalue weighted by atomic mass is 16.5. The fourth-order valence-corrected chi connectivity index (χ4v) is 2.20. The highest BCUT2D eigenvalue weighted by Crippen LogP contribution is 2.23. The third-order valence-corrected chi connectivity index (χ3v) is 3.52. The molecule has 7 heteroatoms. The van der Waals surface area contributed by atoms with E-state index in [1.54, 1.807) is 6.20 Å². The number of tetrazole rings is 1. The second kappa shape index (κ2) is 7.75. The Morgan fingerprint density at radius 2 is 2.12 bits per heavy atom. The molecule has 1 aromatic heterocycles. The van der Waals surface area contributed by atoms with Gasteiger partial charge in [-0.2, -0.15) is 10.5 Å². The van der Waals surface area contributed by atoms with Crippen molar-refractivity contribution in [3.05, 3.63) is 71.7 Å². The molecule has 0 aliphatic rings. The first-order chi connectivity index (χ1) is 12.3. The second-order valence-corrected chi connectivity index (χ2v) is 5.30. The van der Waals surface area contributed by atoms with Crippen LogP contribution < -0.4 is 10.1 Å². The van der Waals surface area contributed by atoms with Crippen molar-refractivity contribution in [2.24, 2.45) is 0 Å². The number of rotatable bonds is 6. The van der Waals surface area contributed by atoms with E-state index in [-0.39, 0.29) is 11.4 Å². The van der Waals surface area contributed by atoms with Gasteiger partial charge in [-0.15, -0.1) is 10.2 Å². The van der Waals surface area contributed by atoms with Gasteiger partial charge in [-0.1, -0.05) is 30.3 Å². The molecule has 0 radical (unpaired) electrons. The number of aryl methyl sites for hydroxylation is 1. The number of ether oxygens (including phenoxy) is 1. The Labute approximate surface area is 145 Å². The van der Waals surface area contributed by atoms with Gasteiger partial charge < -0.3 is 10.1 Å². The van der Waals surface area contributed by atoms with E-state index in [1.807, 2.05) is 61.5 Å². The van der Waals surface area contributed by atoms with Crippen molar-refractivity contribution in [1.82, 2.24) is 20.6 Å². The molecule has 1 heterocycles. The number of nitriles is 1. The Bertz CT molecular complexity index is 897. The fraction of sp³-hybridized carbons (Fsp3) is 0.111. The lowest BCUT2D eigenvalue weighted by Crippen LogP contribution is -1.98. The molecule has 0 fully saturated rings. The number of benzene rings is 2. The average Bonchev–Trinajstić information content (AvgIpc) is 3.17. The molecular formula is C18H16N6O. The van der Waals surface area contributed by atoms with E-state index in [2.05, 4.69) is 25.9 Å². The van der Waals surface area contributed by atoms with Gasteiger partial charge >= 0.3 is 0 Å². The summed E-state index contributed by atoms with van der Waals surface area (Å²) in [5.74, 6) is 1.03. The summed E-state index contributed by atoms with van der Waals surface area (Å²) < 4.78 is 5.81. The predicted molar refractivity (Wildman–Crippen MR) is 93.3 cm³/mol. The lowest BCUT2D eigenvalue weighted by atomic mass is 10.2. The van der Waals surface area contributed by atoms with Crippen LogP contribution in [0.2, 0.25) is 0 Å². The number of H-pyrrole nitrogens is 1. The van der Waals surface area contributed by atoms with Crippen molar-refractivity contribution in [2.75, 3.05) is 5.32 Å². The number of aromatic nitrogens is 4. The molecule has 0 spiro atoms. The van der Waals surface area contributed by atoms with Crippen LogP contribution in [0.15, 0.2) is 54.7 Å². The topological polar surface area (TPSA) is 99.5 Å². The lowest BCUT2D eigenvalue weighted by molar-refractivity contribution is 0.306. The van der Waals surface area contributed by atoms with E-state index in [4.69, 9.17) is 10.00 Å². The van der Waals surface area contributed by atoms with Gasteiger partial charge in [0.25, 0.3) is 0 Å². The number of hydrogen-bond acceptors (Lipinski definition) is 6. The van der Waals surface area contributed by atoms with Gasteiger partial charge in [0.05, 0.1) is 0 Å². The molecule has 0 bridgehead atoms. The van der Waals surface area contributed by atoms with Crippen LogP contribution in [0.1, 0.15) is 17.0 Å². The number of allylic oxidation sites excluding steroid dienone is 1. The first-order valence-corrected chi connectivity index (χ1v) is 7.64. The third kappa shape index (κ3) is 4.20. The molecule has 0 atom stereocenters. The molecule has 2 N–H and O–H groups in total. The van der Waals surface area contributed by atoms with Crippen LogP contribution in [0.5, 0.6) is 5.75 Å². The summed E-state index contributed by atoms with van der Waals surface area (Å²) in [5, 5.41) is 25.6. The zero-order chi connectivity index (χ0) is 17.5. The molecule has 0 amide bonds. The highest BCUT2D eigenvalue weighted by Gasteiger charge is 2.06. The normalized spacial score (nSPS) is 11.0. The van der Waals surface area contributed by atoms with Crippen LogP contribution in [0.3, 0.4) is 0 Å². The van der Waals surface area contributed by atoms with Crippen LogP contribution in [-0.2, 0) is 6.61 Å². The van der Waals surface area contributed by atoms with E-state index in [0.717, 1.165) is 22.6 Å². The van der Waals surface area contributed by atoms with Crippen molar-refractivity contribution in [2.45, 2.75) is 13.5 Å². The number of nitrogens with one attached hydrogen (secondary N) is 2. The van der Waals surface area contributed by atoms with Crippen molar-refractivity contribution in [3.8, 4) is 11.8 Å². The minimum atomic E-state index is 0.246. The third-order valence-electron chi connectivity index (χ3n) is 3.52. The monoisotopic (exact) mass is 332 g/mol. The number of hydrogen-bond donors (Lipinski definition) is 2. The molecule has 25 heavy (non-hydrogen) atoms. The van der Waals surface area contributed by atoms with Crippen LogP contribution in [-0.4, -0.2) is 20.6 Å². The standard InChI is InChI=1S/C18H16N6O/c1-13-9-16(25-12-14-5-3-2-4-6-14)7-8-17(13)20-11-15(10-19)18-21-23-24-22-18/h2-9,11,20H,12H2,1H3,(H,21,22,23,24). The van der Waals surface area contributed by atoms with Gasteiger partial charge in [-0.05, 0) is 41.5 Å². The zero-order valence-corrected chi connectivity index (χ0v) is 13.6. The summed E-state index contributed by atoms with van der Waals surface area (Å²) in [4.78, 5) is 0. The van der Waals surface area contributed by atoms with Crippen LogP contribution in [0.25, 0.3) is 5.57 Å². The molecule has 7 nitrogen and oxygen atoms in total. The molecule has 0 unspecified atom stereocenters. The van der Waals surface area contributed by atoms with Crippen LogP contribution in [0, 0.1) is 18.3 Å². The molecular weight excluding hydrogens is 316 g/mol. The van der Waals surface area contributed by atoms with Crippen molar-refractivity contribution < 1.29 is 4.74 Å². The molecule has 0 saturated carbocycles. The Morgan fingerprint density at radius 1 is 1.28 bits per heavy atom. The summed E-state index contributed by atoms with van der Waals surface area (Å²) in [6, 6.07) is 17.8. The van der Waals surface area contributed by atoms with Crippen LogP contribution in [0.4, 0.5) is 5.69 Å². The summed E-state index contributed by atoms with van der Waals surface area (Å²) in [7, 11) is 0. The fourth-order valence-electron chi connectivity index (χ4n) is 2.20. The van der Waals surface area contributed by atoms with Crippen molar-refractivity contribution in [3.63, 3.8) is 0 Å². The van der Waals surface area contributed by atoms with E-state index in [1.165, 1.54) is 0 Å². The highest BCUT2D eigenvalue weighted by molar-refractivity contribution is 5.74. The largest absolute Gasteiger partial charge is 0.489 e. The molecule has 124 valence electrons. The molecule has 3 aromatic rings. The van der Waals surface area contributed by atoms with Crippen molar-refractivity contribution >= 4 is 11.3 Å². The van der Waals surface area contributed by atoms with Gasteiger partial charge in [-0.3, -0.25) is 0 Å². The first-order valence-electron chi connectivity index (χ1n) is 7.64. The first kappa shape index (κ1) is 16.2. The Morgan fingerprint density at radius 3 is 2.80 bits per heavy atom. The van der Waals surface area contributed by atoms with Gasteiger partial charge in [0.1, 0.15) is 24.0 Å². The van der Waals surface area contributed by atoms with Gasteiger partial charge in [0.2, 0.25) is 5.82 Å². The molecule has 0 aliphatic heterocycles. The number of nitrogens with zero attached hydrogens (tertiary/aromatic N) is 4. The summed E-state index contributed by atoms with van der Waals surface area (Å²) >= 11 is 0. The van der Waals surface area contributed by atoms with Gasteiger partial charge in [-0.25, -0.2) is 0 Å². The molecule has 3 rings (SSSR count). The van der Waals surface area contributed by atoms with Gasteiger partial charge in [0, 0.05) is 11.9 Å². The Hall–Kier alpha value is -3.66. The maximum Gasteiger partial charge on any atom is 0.216 e. The molecule has 0 saturated heterocycles. The average molecular weight is 332 g/mol. The van der Waals surface area contributed by atoms with Crippen molar-refractivity contribution in [1.29, 1.82) is 5.26 Å². The molecule has 0 aliphatic carbocycles. The second-order valence-electron chi connectivity index (χ2n) is 5.30. The molecule has 2 aromatic carbocycles. The summed E-state index contributed by atoms with van der Waals surface area (Å²) in [5.41, 5.74) is 3.26. The van der Waals surface area contributed by atoms with Crippen LogP contribution >= 0.6 is 0 Å². The maximum absolute atomic E-state index is 9.17. The minimum Gasteiger partial charge on any atom is -0.489 e. The number of anilines is 1. The van der Waals surface area contributed by atoms with E-state index in [0.29, 0.717) is 6.61 Å². The zero-order valence-electron chi connectivity index (χ0n) is 13.6. The number of aromatic amines is 1. The minimum absolute atomic E-state index is 0.246. The maximum atomic E-state index is 9.17. The smallest absolute Gasteiger partial charge is 0.216 e. The summed E-state index contributed by atoms with van der Waals surface area (Å²) in [6.07, 6.45) is 1.55. The quantitative estimate of drug-likeness (QED) is 0.673. The SMILES string of the molecule is Cc1cc(OCc2ccccc2)ccc1NC=C(C#N)c1nn[nH]n1. The predicted octanol–water partition coefficient (Wildman–Crippen LogP) is 3.06. The Balaban J connectivity index is 1.67. The van der Waals surface area contributed by atoms with Gasteiger partial charge in [0.15, 0.2) is 0 Å². The lowest BCUT2D eigenvalue weighted by Gasteiger charge is -2.10. The Kier molecular flexibility index (Phi) is 5.02.